The van der Waals surface area contributed by atoms with Gasteiger partial charge in [0.2, 0.25) is 0 Å². The highest BCUT2D eigenvalue weighted by Crippen LogP contribution is 2.29. The van der Waals surface area contributed by atoms with Crippen molar-refractivity contribution < 1.29 is 9.47 Å². The van der Waals surface area contributed by atoms with Crippen LogP contribution >= 0.6 is 12.4 Å². The SMILES string of the molecule is COc1ccc(OC)c(CN2CCNCC2c2ccncc2)c1.Cl. The van der Waals surface area contributed by atoms with E-state index in [1.54, 1.807) is 14.2 Å². The van der Waals surface area contributed by atoms with Gasteiger partial charge >= 0.3 is 0 Å². The molecule has 2 heterocycles. The first-order valence-corrected chi connectivity index (χ1v) is 7.87. The van der Waals surface area contributed by atoms with Crippen molar-refractivity contribution in [1.29, 1.82) is 0 Å². The van der Waals surface area contributed by atoms with Crippen molar-refractivity contribution in [2.75, 3.05) is 33.9 Å². The van der Waals surface area contributed by atoms with Crippen LogP contribution in [0.15, 0.2) is 42.7 Å². The van der Waals surface area contributed by atoms with E-state index in [1.807, 2.05) is 24.5 Å². The summed E-state index contributed by atoms with van der Waals surface area (Å²) in [7, 11) is 3.40. The van der Waals surface area contributed by atoms with Gasteiger partial charge in [0.15, 0.2) is 0 Å². The van der Waals surface area contributed by atoms with Gasteiger partial charge in [-0.2, -0.15) is 0 Å². The first-order chi connectivity index (χ1) is 11.3. The molecule has 2 aromatic rings. The van der Waals surface area contributed by atoms with Crippen molar-refractivity contribution >= 4 is 12.4 Å². The molecule has 0 aliphatic carbocycles. The Morgan fingerprint density at radius 2 is 1.96 bits per heavy atom. The van der Waals surface area contributed by atoms with Crippen molar-refractivity contribution in [1.82, 2.24) is 15.2 Å². The average Bonchev–Trinajstić information content (AvgIpc) is 2.63. The van der Waals surface area contributed by atoms with Crippen molar-refractivity contribution in [3.63, 3.8) is 0 Å². The molecule has 1 aliphatic heterocycles. The number of methoxy groups -OCH3 is 2. The van der Waals surface area contributed by atoms with Crippen LogP contribution in [0.1, 0.15) is 17.2 Å². The minimum Gasteiger partial charge on any atom is -0.497 e. The number of hydrogen-bond donors (Lipinski definition) is 1. The molecule has 1 aliphatic rings. The Bertz CT molecular complexity index is 639. The third-order valence-electron chi connectivity index (χ3n) is 4.31. The lowest BCUT2D eigenvalue weighted by Crippen LogP contribution is -2.45. The molecule has 0 saturated carbocycles. The molecule has 6 heteroatoms. The molecule has 3 rings (SSSR count). The third-order valence-corrected chi connectivity index (χ3v) is 4.31. The van der Waals surface area contributed by atoms with Gasteiger partial charge in [-0.3, -0.25) is 9.88 Å². The lowest BCUT2D eigenvalue weighted by atomic mass is 10.0. The van der Waals surface area contributed by atoms with E-state index in [4.69, 9.17) is 9.47 Å². The maximum absolute atomic E-state index is 5.52. The minimum absolute atomic E-state index is 0. The Labute approximate surface area is 149 Å². The Morgan fingerprint density at radius 3 is 2.67 bits per heavy atom. The van der Waals surface area contributed by atoms with Crippen molar-refractivity contribution in [3.05, 3.63) is 53.9 Å². The fourth-order valence-electron chi connectivity index (χ4n) is 3.07. The van der Waals surface area contributed by atoms with Crippen molar-refractivity contribution in [2.24, 2.45) is 0 Å². The molecule has 5 nitrogen and oxygen atoms in total. The predicted molar refractivity (Wildman–Crippen MR) is 97.1 cm³/mol. The molecule has 1 fully saturated rings. The van der Waals surface area contributed by atoms with E-state index in [1.165, 1.54) is 5.56 Å². The number of nitrogens with one attached hydrogen (secondary N) is 1. The smallest absolute Gasteiger partial charge is 0.123 e. The van der Waals surface area contributed by atoms with E-state index in [2.05, 4.69) is 33.4 Å². The zero-order valence-corrected chi connectivity index (χ0v) is 14.9. The van der Waals surface area contributed by atoms with Gasteiger partial charge in [0.25, 0.3) is 0 Å². The minimum atomic E-state index is 0. The summed E-state index contributed by atoms with van der Waals surface area (Å²) >= 11 is 0. The van der Waals surface area contributed by atoms with E-state index < -0.39 is 0 Å². The number of ether oxygens (including phenoxy) is 2. The van der Waals surface area contributed by atoms with Crippen molar-refractivity contribution in [3.8, 4) is 11.5 Å². The summed E-state index contributed by atoms with van der Waals surface area (Å²) in [6, 6.07) is 10.5. The molecule has 0 bridgehead atoms. The van der Waals surface area contributed by atoms with E-state index >= 15 is 0 Å². The maximum atomic E-state index is 5.52. The fraction of sp³-hybridized carbons (Fsp3) is 0.389. The number of nitrogens with zero attached hydrogens (tertiary/aromatic N) is 2. The summed E-state index contributed by atoms with van der Waals surface area (Å²) in [4.78, 5) is 6.60. The molecule has 1 aromatic heterocycles. The normalized spacial score (nSPS) is 17.8. The van der Waals surface area contributed by atoms with Crippen LogP contribution in [0.4, 0.5) is 0 Å². The topological polar surface area (TPSA) is 46.6 Å². The van der Waals surface area contributed by atoms with Gasteiger partial charge in [0, 0.05) is 50.2 Å². The van der Waals surface area contributed by atoms with E-state index in [-0.39, 0.29) is 12.4 Å². The van der Waals surface area contributed by atoms with E-state index in [9.17, 15) is 0 Å². The van der Waals surface area contributed by atoms with Crippen LogP contribution in [0.2, 0.25) is 0 Å². The van der Waals surface area contributed by atoms with Gasteiger partial charge in [0.1, 0.15) is 11.5 Å². The number of aromatic nitrogens is 1. The summed E-state index contributed by atoms with van der Waals surface area (Å²) in [6.07, 6.45) is 3.71. The van der Waals surface area contributed by atoms with Crippen LogP contribution in [-0.2, 0) is 6.54 Å². The lowest BCUT2D eigenvalue weighted by Gasteiger charge is -2.36. The zero-order valence-electron chi connectivity index (χ0n) is 14.1. The van der Waals surface area contributed by atoms with Gasteiger partial charge in [-0.25, -0.2) is 0 Å². The first-order valence-electron chi connectivity index (χ1n) is 7.87. The Balaban J connectivity index is 0.00000208. The molecule has 0 spiro atoms. The van der Waals surface area contributed by atoms with Gasteiger partial charge < -0.3 is 14.8 Å². The van der Waals surface area contributed by atoms with Crippen LogP contribution in [-0.4, -0.2) is 43.7 Å². The number of benzene rings is 1. The number of rotatable bonds is 5. The number of hydrogen-bond acceptors (Lipinski definition) is 5. The van der Waals surface area contributed by atoms with Crippen LogP contribution in [0.25, 0.3) is 0 Å². The summed E-state index contributed by atoms with van der Waals surface area (Å²) < 4.78 is 10.9. The van der Waals surface area contributed by atoms with Gasteiger partial charge in [-0.15, -0.1) is 12.4 Å². The third kappa shape index (κ3) is 4.17. The second kappa shape index (κ2) is 8.87. The number of piperazine rings is 1. The quantitative estimate of drug-likeness (QED) is 0.899. The maximum Gasteiger partial charge on any atom is 0.123 e. The van der Waals surface area contributed by atoms with Gasteiger partial charge in [0.05, 0.1) is 14.2 Å². The second-order valence-electron chi connectivity index (χ2n) is 5.65. The monoisotopic (exact) mass is 349 g/mol. The van der Waals surface area contributed by atoms with Crippen LogP contribution in [0.5, 0.6) is 11.5 Å². The van der Waals surface area contributed by atoms with Crippen LogP contribution in [0.3, 0.4) is 0 Å². The molecular formula is C18H24ClN3O2. The molecule has 1 unspecified atom stereocenters. The summed E-state index contributed by atoms with van der Waals surface area (Å²) in [6.45, 7) is 3.76. The van der Waals surface area contributed by atoms with Crippen molar-refractivity contribution in [2.45, 2.75) is 12.6 Å². The Hall–Kier alpha value is -1.82. The molecule has 130 valence electrons. The molecule has 1 saturated heterocycles. The molecule has 0 radical (unpaired) electrons. The van der Waals surface area contributed by atoms with E-state index in [0.29, 0.717) is 6.04 Å². The highest BCUT2D eigenvalue weighted by Gasteiger charge is 2.24. The second-order valence-corrected chi connectivity index (χ2v) is 5.65. The summed E-state index contributed by atoms with van der Waals surface area (Å²) in [5, 5.41) is 3.48. The predicted octanol–water partition coefficient (Wildman–Crippen LogP) is 2.67. The molecule has 1 N–H and O–H groups in total. The number of halogens is 1. The van der Waals surface area contributed by atoms with E-state index in [0.717, 1.165) is 43.2 Å². The Kier molecular flexibility index (Phi) is 6.85. The summed E-state index contributed by atoms with van der Waals surface area (Å²) in [5.41, 5.74) is 2.43. The highest BCUT2D eigenvalue weighted by molar-refractivity contribution is 5.85. The van der Waals surface area contributed by atoms with Crippen LogP contribution in [0, 0.1) is 0 Å². The largest absolute Gasteiger partial charge is 0.497 e. The first kappa shape index (κ1) is 18.5. The molecule has 1 atom stereocenters. The molecular weight excluding hydrogens is 326 g/mol. The fourth-order valence-corrected chi connectivity index (χ4v) is 3.07. The number of pyridine rings is 1. The Morgan fingerprint density at radius 1 is 1.17 bits per heavy atom. The molecule has 1 aromatic carbocycles. The molecule has 24 heavy (non-hydrogen) atoms. The van der Waals surface area contributed by atoms with Crippen LogP contribution < -0.4 is 14.8 Å². The highest BCUT2D eigenvalue weighted by atomic mass is 35.5. The zero-order chi connectivity index (χ0) is 16.1. The summed E-state index contributed by atoms with van der Waals surface area (Å²) in [5.74, 6) is 1.76. The van der Waals surface area contributed by atoms with Gasteiger partial charge in [-0.1, -0.05) is 0 Å². The molecule has 0 amide bonds. The lowest BCUT2D eigenvalue weighted by molar-refractivity contribution is 0.152. The standard InChI is InChI=1S/C18H23N3O2.ClH/c1-22-16-3-4-18(23-2)15(11-16)13-21-10-9-20-12-17(21)14-5-7-19-8-6-14;/h3-8,11,17,20H,9-10,12-13H2,1-2H3;1H. The average molecular weight is 350 g/mol. The van der Waals surface area contributed by atoms with Gasteiger partial charge in [-0.05, 0) is 35.9 Å².